The Hall–Kier alpha value is -1.50. The van der Waals surface area contributed by atoms with Crippen molar-refractivity contribution in [3.63, 3.8) is 0 Å². The van der Waals surface area contributed by atoms with E-state index < -0.39 is 30.1 Å². The van der Waals surface area contributed by atoms with Crippen LogP contribution in [0.2, 0.25) is 5.02 Å². The first-order valence-electron chi connectivity index (χ1n) is 8.22. The molecule has 0 unspecified atom stereocenters. The van der Waals surface area contributed by atoms with Crippen LogP contribution in [0.4, 0.5) is 4.39 Å². The Labute approximate surface area is 151 Å². The summed E-state index contributed by atoms with van der Waals surface area (Å²) < 4.78 is 14.2. The number of likely N-dealkylation sites (tertiary alicyclic amines) is 1. The van der Waals surface area contributed by atoms with Crippen molar-refractivity contribution in [1.82, 2.24) is 4.90 Å². The van der Waals surface area contributed by atoms with Crippen molar-refractivity contribution >= 4 is 11.6 Å². The second kappa shape index (κ2) is 7.81. The molecule has 3 rings (SSSR count). The zero-order chi connectivity index (χ0) is 18.0. The summed E-state index contributed by atoms with van der Waals surface area (Å²) in [7, 11) is 0. The van der Waals surface area contributed by atoms with E-state index >= 15 is 0 Å². The fourth-order valence-electron chi connectivity index (χ4n) is 3.48. The molecule has 2 aromatic rings. The highest BCUT2D eigenvalue weighted by molar-refractivity contribution is 6.30. The average Bonchev–Trinajstić information content (AvgIpc) is 2.82. The number of nitrogens with zero attached hydrogens (tertiary/aromatic N) is 1. The van der Waals surface area contributed by atoms with Gasteiger partial charge in [-0.15, -0.1) is 0 Å². The summed E-state index contributed by atoms with van der Waals surface area (Å²) in [6.45, 7) is -0.154. The lowest BCUT2D eigenvalue weighted by molar-refractivity contribution is 0.0178. The molecule has 4 atom stereocenters. The molecule has 1 heterocycles. The maximum Gasteiger partial charge on any atom is 0.129 e. The van der Waals surface area contributed by atoms with E-state index in [0.717, 1.165) is 5.56 Å². The van der Waals surface area contributed by atoms with Gasteiger partial charge in [-0.05, 0) is 24.1 Å². The number of hydrogen-bond donors (Lipinski definition) is 3. The number of aliphatic hydroxyl groups is 3. The molecule has 1 fully saturated rings. The van der Waals surface area contributed by atoms with Crippen molar-refractivity contribution in [3.8, 4) is 0 Å². The van der Waals surface area contributed by atoms with Crippen LogP contribution in [0.15, 0.2) is 48.5 Å². The zero-order valence-electron chi connectivity index (χ0n) is 13.6. The van der Waals surface area contributed by atoms with E-state index in [9.17, 15) is 19.7 Å². The van der Waals surface area contributed by atoms with E-state index in [1.807, 2.05) is 30.3 Å². The van der Waals surface area contributed by atoms with Crippen molar-refractivity contribution in [3.05, 3.63) is 70.5 Å². The van der Waals surface area contributed by atoms with E-state index in [1.165, 1.54) is 6.07 Å². The minimum atomic E-state index is -1.09. The van der Waals surface area contributed by atoms with E-state index in [4.69, 9.17) is 11.6 Å². The summed E-state index contributed by atoms with van der Waals surface area (Å²) in [6.07, 6.45) is -1.62. The van der Waals surface area contributed by atoms with Gasteiger partial charge in [0.1, 0.15) is 5.82 Å². The second-order valence-electron chi connectivity index (χ2n) is 6.40. The van der Waals surface area contributed by atoms with E-state index in [2.05, 4.69) is 0 Å². The van der Waals surface area contributed by atoms with Crippen LogP contribution in [-0.2, 0) is 13.0 Å². The highest BCUT2D eigenvalue weighted by Crippen LogP contribution is 2.30. The fourth-order valence-corrected chi connectivity index (χ4v) is 3.64. The molecule has 0 aromatic heterocycles. The van der Waals surface area contributed by atoms with Crippen LogP contribution in [0.1, 0.15) is 11.1 Å². The molecule has 6 heteroatoms. The van der Waals surface area contributed by atoms with Gasteiger partial charge in [0.25, 0.3) is 0 Å². The van der Waals surface area contributed by atoms with Crippen LogP contribution in [0.25, 0.3) is 0 Å². The van der Waals surface area contributed by atoms with Crippen LogP contribution in [0.5, 0.6) is 0 Å². The lowest BCUT2D eigenvalue weighted by atomic mass is 10.0. The van der Waals surface area contributed by atoms with Crippen LogP contribution in [0.3, 0.4) is 0 Å². The molecule has 0 radical (unpaired) electrons. The monoisotopic (exact) mass is 365 g/mol. The Bertz CT molecular complexity index is 715. The van der Waals surface area contributed by atoms with Gasteiger partial charge in [-0.25, -0.2) is 4.39 Å². The number of hydrogen-bond acceptors (Lipinski definition) is 4. The smallest absolute Gasteiger partial charge is 0.129 e. The molecule has 134 valence electrons. The molecule has 0 saturated carbocycles. The SMILES string of the molecule is OC[C@@H]1[C@@H](O)[C@@H](O)[C@H](Cc2ccccc2)N1Cc1ccc(Cl)cc1F. The summed E-state index contributed by atoms with van der Waals surface area (Å²) in [5.74, 6) is -0.446. The van der Waals surface area contributed by atoms with Crippen molar-refractivity contribution in [2.45, 2.75) is 37.3 Å². The van der Waals surface area contributed by atoms with Gasteiger partial charge < -0.3 is 15.3 Å². The molecule has 0 amide bonds. The molecule has 4 nitrogen and oxygen atoms in total. The third-order valence-electron chi connectivity index (χ3n) is 4.83. The zero-order valence-corrected chi connectivity index (χ0v) is 14.4. The molecule has 3 N–H and O–H groups in total. The third kappa shape index (κ3) is 3.86. The Balaban J connectivity index is 1.88. The summed E-state index contributed by atoms with van der Waals surface area (Å²) in [5.41, 5.74) is 1.40. The molecular weight excluding hydrogens is 345 g/mol. The standard InChI is InChI=1S/C19H21ClFNO3/c20-14-7-6-13(15(21)9-14)10-22-16(8-12-4-2-1-3-5-12)18(24)19(25)17(22)11-23/h1-7,9,16-19,23-25H,8,10-11H2/t16-,17+,18-,19+/m0/s1. The van der Waals surface area contributed by atoms with Crippen molar-refractivity contribution in [1.29, 1.82) is 0 Å². The third-order valence-corrected chi connectivity index (χ3v) is 5.07. The van der Waals surface area contributed by atoms with Crippen LogP contribution in [0, 0.1) is 5.82 Å². The topological polar surface area (TPSA) is 63.9 Å². The predicted octanol–water partition coefficient (Wildman–Crippen LogP) is 1.99. The highest BCUT2D eigenvalue weighted by atomic mass is 35.5. The first-order chi connectivity index (χ1) is 12.0. The maximum atomic E-state index is 14.2. The van der Waals surface area contributed by atoms with E-state index in [-0.39, 0.29) is 13.2 Å². The molecule has 0 aliphatic carbocycles. The molecule has 0 bridgehead atoms. The molecule has 1 aliphatic heterocycles. The molecule has 0 spiro atoms. The van der Waals surface area contributed by atoms with Gasteiger partial charge in [0, 0.05) is 23.2 Å². The van der Waals surface area contributed by atoms with E-state index in [0.29, 0.717) is 17.0 Å². The largest absolute Gasteiger partial charge is 0.395 e. The van der Waals surface area contributed by atoms with E-state index in [1.54, 1.807) is 17.0 Å². The first-order valence-corrected chi connectivity index (χ1v) is 8.59. The highest BCUT2D eigenvalue weighted by Gasteiger charge is 2.47. The maximum absolute atomic E-state index is 14.2. The summed E-state index contributed by atoms with van der Waals surface area (Å²) in [6, 6.07) is 12.9. The van der Waals surface area contributed by atoms with Gasteiger partial charge in [-0.2, -0.15) is 0 Å². The molecule has 1 saturated heterocycles. The molecule has 25 heavy (non-hydrogen) atoms. The molecule has 2 aromatic carbocycles. The average molecular weight is 366 g/mol. The van der Waals surface area contributed by atoms with Crippen molar-refractivity contribution in [2.24, 2.45) is 0 Å². The summed E-state index contributed by atoms with van der Waals surface area (Å²) in [5, 5.41) is 30.7. The lowest BCUT2D eigenvalue weighted by Crippen LogP contribution is -2.42. The quantitative estimate of drug-likeness (QED) is 0.758. The number of rotatable bonds is 5. The number of benzene rings is 2. The fraction of sp³-hybridized carbons (Fsp3) is 0.368. The number of aliphatic hydroxyl groups excluding tert-OH is 3. The Morgan fingerprint density at radius 2 is 1.68 bits per heavy atom. The lowest BCUT2D eigenvalue weighted by Gasteiger charge is -2.30. The Morgan fingerprint density at radius 1 is 1.00 bits per heavy atom. The molecule has 1 aliphatic rings. The minimum Gasteiger partial charge on any atom is -0.395 e. The predicted molar refractivity (Wildman–Crippen MR) is 93.8 cm³/mol. The van der Waals surface area contributed by atoms with Crippen molar-refractivity contribution < 1.29 is 19.7 Å². The minimum absolute atomic E-state index is 0.167. The molecular formula is C19H21ClFNO3. The number of halogens is 2. The van der Waals surface area contributed by atoms with Gasteiger partial charge in [0.2, 0.25) is 0 Å². The van der Waals surface area contributed by atoms with Gasteiger partial charge in [-0.1, -0.05) is 48.0 Å². The van der Waals surface area contributed by atoms with Gasteiger partial charge in [0.15, 0.2) is 0 Å². The van der Waals surface area contributed by atoms with Crippen LogP contribution >= 0.6 is 11.6 Å². The Kier molecular flexibility index (Phi) is 5.71. The Morgan fingerprint density at radius 3 is 2.32 bits per heavy atom. The van der Waals surface area contributed by atoms with Gasteiger partial charge in [0.05, 0.1) is 24.9 Å². The van der Waals surface area contributed by atoms with Gasteiger partial charge in [-0.3, -0.25) is 4.90 Å². The second-order valence-corrected chi connectivity index (χ2v) is 6.83. The normalized spacial score (nSPS) is 26.9. The van der Waals surface area contributed by atoms with Crippen molar-refractivity contribution in [2.75, 3.05) is 6.61 Å². The van der Waals surface area contributed by atoms with Crippen LogP contribution < -0.4 is 0 Å². The summed E-state index contributed by atoms with van der Waals surface area (Å²) in [4.78, 5) is 1.77. The van der Waals surface area contributed by atoms with Crippen LogP contribution in [-0.4, -0.2) is 51.1 Å². The van der Waals surface area contributed by atoms with Gasteiger partial charge >= 0.3 is 0 Å². The summed E-state index contributed by atoms with van der Waals surface area (Å²) >= 11 is 5.80. The first kappa shape index (κ1) is 18.3.